The predicted molar refractivity (Wildman–Crippen MR) is 247 cm³/mol. The van der Waals surface area contributed by atoms with Gasteiger partial charge < -0.3 is 13.9 Å². The zero-order valence-electron chi connectivity index (χ0n) is 31.3. The molecule has 0 fully saturated rings. The van der Waals surface area contributed by atoms with Crippen molar-refractivity contribution in [1.82, 2.24) is 4.57 Å². The third kappa shape index (κ3) is 5.19. The summed E-state index contributed by atoms with van der Waals surface area (Å²) >= 11 is 1.85. The quantitative estimate of drug-likeness (QED) is 0.168. The second-order valence-corrected chi connectivity index (χ2v) is 16.0. The van der Waals surface area contributed by atoms with Crippen molar-refractivity contribution in [1.29, 1.82) is 0 Å². The standard InChI is InChI=1S/C54H34N2OS/c1-5-22-49-43(16-1)44-17-2-6-23-50(44)56(49)41-15-10-14-40(34-41)55(38-29-26-35(27-30-38)36-28-31-53-48(33-36)46-19-4-8-25-52(46)58-53)39-13-9-12-37(32-39)42-20-11-21-47-45-18-3-7-24-51(45)57-54(42)47/h1-34H. The minimum atomic E-state index is 0.899. The number of anilines is 3. The van der Waals surface area contributed by atoms with Gasteiger partial charge >= 0.3 is 0 Å². The Hall–Kier alpha value is -7.40. The van der Waals surface area contributed by atoms with E-state index < -0.39 is 0 Å². The first kappa shape index (κ1) is 32.8. The normalized spacial score (nSPS) is 11.8. The molecular weight excluding hydrogens is 725 g/mol. The van der Waals surface area contributed by atoms with Gasteiger partial charge in [-0.3, -0.25) is 0 Å². The van der Waals surface area contributed by atoms with Crippen molar-refractivity contribution >= 4 is 92.3 Å². The second-order valence-electron chi connectivity index (χ2n) is 14.9. The fourth-order valence-electron chi connectivity index (χ4n) is 8.91. The Morgan fingerprint density at radius 2 is 1.00 bits per heavy atom. The van der Waals surface area contributed by atoms with Gasteiger partial charge in [0.15, 0.2) is 0 Å². The molecule has 0 radical (unpaired) electrons. The van der Waals surface area contributed by atoms with E-state index in [0.29, 0.717) is 0 Å². The molecule has 3 heterocycles. The largest absolute Gasteiger partial charge is 0.455 e. The van der Waals surface area contributed by atoms with Crippen molar-refractivity contribution in [3.63, 3.8) is 0 Å². The Labute approximate surface area is 338 Å². The van der Waals surface area contributed by atoms with Crippen molar-refractivity contribution in [2.45, 2.75) is 0 Å². The smallest absolute Gasteiger partial charge is 0.143 e. The molecule has 3 aromatic heterocycles. The molecule has 3 nitrogen and oxygen atoms in total. The fourth-order valence-corrected chi connectivity index (χ4v) is 10.0. The van der Waals surface area contributed by atoms with Crippen LogP contribution in [0.1, 0.15) is 0 Å². The first-order valence-electron chi connectivity index (χ1n) is 19.7. The van der Waals surface area contributed by atoms with Crippen LogP contribution in [-0.2, 0) is 0 Å². The summed E-state index contributed by atoms with van der Waals surface area (Å²) < 4.78 is 11.5. The summed E-state index contributed by atoms with van der Waals surface area (Å²) in [6.07, 6.45) is 0. The van der Waals surface area contributed by atoms with Crippen molar-refractivity contribution < 1.29 is 4.42 Å². The van der Waals surface area contributed by atoms with Crippen LogP contribution in [0.25, 0.3) is 91.9 Å². The number of hydrogen-bond acceptors (Lipinski definition) is 3. The molecule has 0 spiro atoms. The fraction of sp³-hybridized carbons (Fsp3) is 0. The second kappa shape index (κ2) is 13.1. The van der Waals surface area contributed by atoms with Crippen LogP contribution in [0.4, 0.5) is 17.1 Å². The van der Waals surface area contributed by atoms with E-state index in [2.05, 4.69) is 204 Å². The van der Waals surface area contributed by atoms with Crippen molar-refractivity contribution in [2.24, 2.45) is 0 Å². The van der Waals surface area contributed by atoms with Gasteiger partial charge in [-0.2, -0.15) is 0 Å². The Morgan fingerprint density at radius 1 is 0.379 bits per heavy atom. The van der Waals surface area contributed by atoms with Crippen LogP contribution in [0.3, 0.4) is 0 Å². The highest BCUT2D eigenvalue weighted by Gasteiger charge is 2.19. The molecule has 0 saturated heterocycles. The van der Waals surface area contributed by atoms with Crippen LogP contribution >= 0.6 is 11.3 Å². The molecule has 58 heavy (non-hydrogen) atoms. The molecule has 12 rings (SSSR count). The van der Waals surface area contributed by atoms with Gasteiger partial charge in [0.1, 0.15) is 11.2 Å². The topological polar surface area (TPSA) is 21.3 Å². The predicted octanol–water partition coefficient (Wildman–Crippen LogP) is 15.9. The van der Waals surface area contributed by atoms with E-state index in [4.69, 9.17) is 4.42 Å². The van der Waals surface area contributed by atoms with Crippen molar-refractivity contribution in [3.05, 3.63) is 206 Å². The number of benzene rings is 9. The van der Waals surface area contributed by atoms with E-state index in [1.807, 2.05) is 23.5 Å². The molecule has 0 amide bonds. The molecule has 0 aliphatic rings. The molecule has 0 unspecified atom stereocenters. The minimum absolute atomic E-state index is 0.899. The Balaban J connectivity index is 1.02. The monoisotopic (exact) mass is 758 g/mol. The number of hydrogen-bond donors (Lipinski definition) is 0. The molecule has 0 N–H and O–H groups in total. The summed E-state index contributed by atoms with van der Waals surface area (Å²) in [5, 5.41) is 7.37. The Bertz CT molecular complexity index is 3480. The molecule has 4 heteroatoms. The van der Waals surface area contributed by atoms with Crippen LogP contribution in [0, 0.1) is 0 Å². The van der Waals surface area contributed by atoms with Crippen LogP contribution in [0.2, 0.25) is 0 Å². The Morgan fingerprint density at radius 3 is 1.81 bits per heavy atom. The van der Waals surface area contributed by atoms with Gasteiger partial charge in [-0.05, 0) is 95.6 Å². The minimum Gasteiger partial charge on any atom is -0.455 e. The molecule has 0 aliphatic carbocycles. The third-order valence-corrected chi connectivity index (χ3v) is 12.7. The molecule has 0 bridgehead atoms. The third-order valence-electron chi connectivity index (χ3n) is 11.6. The summed E-state index contributed by atoms with van der Waals surface area (Å²) in [6.45, 7) is 0. The SMILES string of the molecule is c1cc(-c2cccc3c2oc2ccccc23)cc(N(c2ccc(-c3ccc4sc5ccccc5c4c3)cc2)c2cccc(-n3c4ccccc4c4ccccc43)c2)c1. The summed E-state index contributed by atoms with van der Waals surface area (Å²) in [4.78, 5) is 2.37. The first-order valence-corrected chi connectivity index (χ1v) is 20.5. The highest BCUT2D eigenvalue weighted by atomic mass is 32.1. The van der Waals surface area contributed by atoms with E-state index in [1.165, 1.54) is 53.1 Å². The average molecular weight is 759 g/mol. The van der Waals surface area contributed by atoms with Gasteiger partial charge in [-0.1, -0.05) is 127 Å². The lowest BCUT2D eigenvalue weighted by Crippen LogP contribution is -2.10. The molecule has 9 aromatic carbocycles. The molecular formula is C54H34N2OS. The van der Waals surface area contributed by atoms with Crippen molar-refractivity contribution in [3.8, 4) is 27.9 Å². The number of nitrogens with zero attached hydrogens (tertiary/aromatic N) is 2. The maximum absolute atomic E-state index is 6.52. The van der Waals surface area contributed by atoms with E-state index in [9.17, 15) is 0 Å². The summed E-state index contributed by atoms with van der Waals surface area (Å²) in [5.41, 5.74) is 13.0. The number of rotatable bonds is 6. The lowest BCUT2D eigenvalue weighted by Gasteiger charge is -2.27. The van der Waals surface area contributed by atoms with Gasteiger partial charge in [0.25, 0.3) is 0 Å². The van der Waals surface area contributed by atoms with Gasteiger partial charge in [-0.15, -0.1) is 11.3 Å². The first-order chi connectivity index (χ1) is 28.7. The van der Waals surface area contributed by atoms with Crippen molar-refractivity contribution in [2.75, 3.05) is 4.90 Å². The van der Waals surface area contributed by atoms with E-state index in [-0.39, 0.29) is 0 Å². The van der Waals surface area contributed by atoms with Gasteiger partial charge in [-0.25, -0.2) is 0 Å². The maximum Gasteiger partial charge on any atom is 0.143 e. The van der Waals surface area contributed by atoms with Crippen LogP contribution in [-0.4, -0.2) is 4.57 Å². The van der Waals surface area contributed by atoms with Crippen LogP contribution in [0.15, 0.2) is 211 Å². The van der Waals surface area contributed by atoms with Gasteiger partial charge in [0, 0.05) is 70.0 Å². The number of furan rings is 1. The van der Waals surface area contributed by atoms with E-state index >= 15 is 0 Å². The molecule has 272 valence electrons. The molecule has 0 saturated carbocycles. The lowest BCUT2D eigenvalue weighted by molar-refractivity contribution is 0.670. The molecule has 0 aliphatic heterocycles. The van der Waals surface area contributed by atoms with Crippen LogP contribution in [0.5, 0.6) is 0 Å². The maximum atomic E-state index is 6.52. The van der Waals surface area contributed by atoms with Gasteiger partial charge in [0.05, 0.1) is 11.0 Å². The van der Waals surface area contributed by atoms with Gasteiger partial charge in [0.2, 0.25) is 0 Å². The summed E-state index contributed by atoms with van der Waals surface area (Å²) in [5.74, 6) is 0. The van der Waals surface area contributed by atoms with E-state index in [0.717, 1.165) is 55.8 Å². The highest BCUT2D eigenvalue weighted by Crippen LogP contribution is 2.42. The van der Waals surface area contributed by atoms with E-state index in [1.54, 1.807) is 0 Å². The number of thiophene rings is 1. The number of aromatic nitrogens is 1. The zero-order valence-corrected chi connectivity index (χ0v) is 32.2. The summed E-state index contributed by atoms with van der Waals surface area (Å²) in [7, 11) is 0. The molecule has 12 aromatic rings. The zero-order chi connectivity index (χ0) is 38.2. The highest BCUT2D eigenvalue weighted by molar-refractivity contribution is 7.25. The lowest BCUT2D eigenvalue weighted by atomic mass is 10.0. The average Bonchev–Trinajstić information content (AvgIpc) is 3.96. The number of fused-ring (bicyclic) bond motifs is 9. The summed E-state index contributed by atoms with van der Waals surface area (Å²) in [6, 6.07) is 74.5. The van der Waals surface area contributed by atoms with Crippen LogP contribution < -0.4 is 4.90 Å². The number of para-hydroxylation sites is 4. The Kier molecular flexibility index (Phi) is 7.40. The molecule has 0 atom stereocenters.